The molecule has 1 N–H and O–H groups in total. The van der Waals surface area contributed by atoms with Crippen LogP contribution in [0.5, 0.6) is 0 Å². The molecule has 0 atom stereocenters. The highest BCUT2D eigenvalue weighted by atomic mass is 32.2. The Bertz CT molecular complexity index is 944. The van der Waals surface area contributed by atoms with Gasteiger partial charge < -0.3 is 9.88 Å². The Labute approximate surface area is 171 Å². The lowest BCUT2D eigenvalue weighted by molar-refractivity contribution is 0.108. The van der Waals surface area contributed by atoms with Crippen LogP contribution >= 0.6 is 11.8 Å². The number of aromatic amines is 1. The fraction of sp³-hybridized carbons (Fsp3) is 0.478. The minimum absolute atomic E-state index is 0.0374. The first-order chi connectivity index (χ1) is 13.3. The molecule has 28 heavy (non-hydrogen) atoms. The predicted molar refractivity (Wildman–Crippen MR) is 119 cm³/mol. The molecule has 150 valence electrons. The molecule has 0 amide bonds. The van der Waals surface area contributed by atoms with E-state index in [0.29, 0.717) is 17.4 Å². The average molecular weight is 399 g/mol. The van der Waals surface area contributed by atoms with Crippen LogP contribution in [0.25, 0.3) is 0 Å². The molecule has 1 aliphatic rings. The number of nitrogens with one attached hydrogen (secondary N) is 1. The highest BCUT2D eigenvalue weighted by Gasteiger charge is 2.25. The highest BCUT2D eigenvalue weighted by Crippen LogP contribution is 2.34. The number of benzene rings is 1. The standard InChI is InChI=1S/C23H30N2O2S/c1-6-17-11-19(16(4)21(12-17)25(5)18-8-7-9-18)23(27)28-13-20-14(2)10-15(3)24-22(20)26/h10-12,18H,6-9,13H2,1-5H3,(H,24,26). The molecule has 4 nitrogen and oxygen atoms in total. The van der Waals surface area contributed by atoms with Gasteiger partial charge in [-0.25, -0.2) is 0 Å². The van der Waals surface area contributed by atoms with Crippen molar-refractivity contribution >= 4 is 22.6 Å². The number of nitrogens with zero attached hydrogens (tertiary/aromatic N) is 1. The van der Waals surface area contributed by atoms with Gasteiger partial charge in [0, 0.05) is 41.4 Å². The van der Waals surface area contributed by atoms with Crippen molar-refractivity contribution in [1.82, 2.24) is 4.98 Å². The van der Waals surface area contributed by atoms with Gasteiger partial charge in [-0.3, -0.25) is 9.59 Å². The molecule has 1 heterocycles. The predicted octanol–water partition coefficient (Wildman–Crippen LogP) is 4.92. The molecule has 1 saturated carbocycles. The summed E-state index contributed by atoms with van der Waals surface area (Å²) < 4.78 is 0. The Kier molecular flexibility index (Phi) is 6.33. The summed E-state index contributed by atoms with van der Waals surface area (Å²) in [7, 11) is 2.14. The van der Waals surface area contributed by atoms with Gasteiger partial charge in [0.1, 0.15) is 0 Å². The van der Waals surface area contributed by atoms with E-state index in [4.69, 9.17) is 0 Å². The lowest BCUT2D eigenvalue weighted by Crippen LogP contribution is -2.37. The third-order valence-corrected chi connectivity index (χ3v) is 6.83. The number of hydrogen-bond acceptors (Lipinski definition) is 4. The summed E-state index contributed by atoms with van der Waals surface area (Å²) in [6.07, 6.45) is 4.63. The molecule has 1 aromatic heterocycles. The maximum atomic E-state index is 13.1. The van der Waals surface area contributed by atoms with Crippen LogP contribution < -0.4 is 10.5 Å². The molecule has 1 aromatic carbocycles. The molecule has 1 aliphatic carbocycles. The molecule has 0 bridgehead atoms. The molecular weight excluding hydrogens is 368 g/mol. The van der Waals surface area contributed by atoms with Crippen molar-refractivity contribution in [3.8, 4) is 0 Å². The van der Waals surface area contributed by atoms with Crippen LogP contribution in [-0.4, -0.2) is 23.2 Å². The van der Waals surface area contributed by atoms with E-state index in [9.17, 15) is 9.59 Å². The average Bonchev–Trinajstić information content (AvgIpc) is 2.59. The summed E-state index contributed by atoms with van der Waals surface area (Å²) in [5, 5.41) is 0.0374. The molecule has 5 heteroatoms. The minimum atomic E-state index is -0.0952. The Morgan fingerprint density at radius 3 is 2.50 bits per heavy atom. The number of rotatable bonds is 6. The van der Waals surface area contributed by atoms with Crippen LogP contribution in [0.3, 0.4) is 0 Å². The zero-order valence-electron chi connectivity index (χ0n) is 17.5. The molecule has 2 aromatic rings. The number of aromatic nitrogens is 1. The summed E-state index contributed by atoms with van der Waals surface area (Å²) >= 11 is 1.22. The molecular formula is C23H30N2O2S. The zero-order valence-corrected chi connectivity index (χ0v) is 18.3. The number of hydrogen-bond donors (Lipinski definition) is 1. The van der Waals surface area contributed by atoms with E-state index in [2.05, 4.69) is 29.9 Å². The molecule has 0 aliphatic heterocycles. The minimum Gasteiger partial charge on any atom is -0.371 e. The monoisotopic (exact) mass is 398 g/mol. The van der Waals surface area contributed by atoms with Gasteiger partial charge in [-0.15, -0.1) is 0 Å². The van der Waals surface area contributed by atoms with Crippen molar-refractivity contribution < 1.29 is 4.79 Å². The summed E-state index contributed by atoms with van der Waals surface area (Å²) in [6, 6.07) is 6.78. The summed E-state index contributed by atoms with van der Waals surface area (Å²) in [5.41, 5.74) is 6.52. The second-order valence-corrected chi connectivity index (χ2v) is 8.80. The fourth-order valence-electron chi connectivity index (χ4n) is 3.79. The van der Waals surface area contributed by atoms with Gasteiger partial charge in [0.25, 0.3) is 5.56 Å². The fourth-order valence-corrected chi connectivity index (χ4v) is 4.79. The van der Waals surface area contributed by atoms with Crippen molar-refractivity contribution in [2.45, 2.75) is 65.2 Å². The molecule has 0 radical (unpaired) electrons. The lowest BCUT2D eigenvalue weighted by atomic mass is 9.90. The Balaban J connectivity index is 1.86. The van der Waals surface area contributed by atoms with Gasteiger partial charge in [-0.2, -0.15) is 0 Å². The van der Waals surface area contributed by atoms with Gasteiger partial charge in [0.2, 0.25) is 5.12 Å². The Hall–Kier alpha value is -2.01. The van der Waals surface area contributed by atoms with E-state index in [1.165, 1.54) is 36.6 Å². The van der Waals surface area contributed by atoms with Crippen LogP contribution in [0.4, 0.5) is 5.69 Å². The van der Waals surface area contributed by atoms with E-state index in [1.54, 1.807) is 0 Å². The van der Waals surface area contributed by atoms with Gasteiger partial charge in [0.15, 0.2) is 0 Å². The van der Waals surface area contributed by atoms with Crippen LogP contribution in [0.2, 0.25) is 0 Å². The molecule has 0 spiro atoms. The highest BCUT2D eigenvalue weighted by molar-refractivity contribution is 8.13. The van der Waals surface area contributed by atoms with Crippen LogP contribution in [-0.2, 0) is 12.2 Å². The molecule has 0 saturated heterocycles. The van der Waals surface area contributed by atoms with E-state index in [-0.39, 0.29) is 10.7 Å². The molecule has 3 rings (SSSR count). The molecule has 1 fully saturated rings. The number of carbonyl (C=O) groups is 1. The smallest absolute Gasteiger partial charge is 0.252 e. The van der Waals surface area contributed by atoms with Gasteiger partial charge in [-0.05, 0) is 81.3 Å². The normalized spacial score (nSPS) is 14.0. The quantitative estimate of drug-likeness (QED) is 0.750. The summed E-state index contributed by atoms with van der Waals surface area (Å²) in [5.74, 6) is 0.393. The third kappa shape index (κ3) is 4.19. The lowest BCUT2D eigenvalue weighted by Gasteiger charge is -2.37. The number of carbonyl (C=O) groups excluding carboxylic acids is 1. The van der Waals surface area contributed by atoms with E-state index in [1.807, 2.05) is 32.9 Å². The van der Waals surface area contributed by atoms with Gasteiger partial charge in [-0.1, -0.05) is 18.7 Å². The van der Waals surface area contributed by atoms with E-state index >= 15 is 0 Å². The van der Waals surface area contributed by atoms with Crippen LogP contribution in [0, 0.1) is 20.8 Å². The van der Waals surface area contributed by atoms with Gasteiger partial charge in [0.05, 0.1) is 0 Å². The molecule has 0 unspecified atom stereocenters. The number of pyridine rings is 1. The first-order valence-corrected chi connectivity index (χ1v) is 11.0. The van der Waals surface area contributed by atoms with Gasteiger partial charge >= 0.3 is 0 Å². The SMILES string of the molecule is CCc1cc(C(=O)SCc2c(C)cc(C)[nH]c2=O)c(C)c(N(C)C2CCC2)c1. The van der Waals surface area contributed by atoms with Crippen LogP contribution in [0.15, 0.2) is 23.0 Å². The van der Waals surface area contributed by atoms with Crippen molar-refractivity contribution in [2.75, 3.05) is 11.9 Å². The van der Waals surface area contributed by atoms with Crippen molar-refractivity contribution in [3.05, 3.63) is 62.1 Å². The zero-order chi connectivity index (χ0) is 20.4. The summed E-state index contributed by atoms with van der Waals surface area (Å²) in [4.78, 5) is 30.5. The second-order valence-electron chi connectivity index (χ2n) is 7.86. The topological polar surface area (TPSA) is 53.2 Å². The third-order valence-electron chi connectivity index (χ3n) is 5.91. The van der Waals surface area contributed by atoms with E-state index < -0.39 is 0 Å². The van der Waals surface area contributed by atoms with E-state index in [0.717, 1.165) is 34.5 Å². The Morgan fingerprint density at radius 2 is 1.93 bits per heavy atom. The maximum absolute atomic E-state index is 13.1. The Morgan fingerprint density at radius 1 is 1.21 bits per heavy atom. The largest absolute Gasteiger partial charge is 0.371 e. The van der Waals surface area contributed by atoms with Crippen molar-refractivity contribution in [1.29, 1.82) is 0 Å². The maximum Gasteiger partial charge on any atom is 0.252 e. The van der Waals surface area contributed by atoms with Crippen molar-refractivity contribution in [3.63, 3.8) is 0 Å². The number of anilines is 1. The van der Waals surface area contributed by atoms with Crippen molar-refractivity contribution in [2.24, 2.45) is 0 Å². The summed E-state index contributed by atoms with van der Waals surface area (Å²) in [6.45, 7) is 7.96. The second kappa shape index (κ2) is 8.56. The van der Waals surface area contributed by atoms with Crippen LogP contribution in [0.1, 0.15) is 64.5 Å². The number of thioether (sulfide) groups is 1. The first-order valence-electron chi connectivity index (χ1n) is 10.0. The number of aryl methyl sites for hydroxylation is 3. The first kappa shape index (κ1) is 20.7. The number of H-pyrrole nitrogens is 1.